The van der Waals surface area contributed by atoms with Gasteiger partial charge in [0.2, 0.25) is 0 Å². The molecular formula is C23H20Br2N2O3. The van der Waals surface area contributed by atoms with Gasteiger partial charge in [0.15, 0.2) is 5.60 Å². The standard InChI is InChI=1S/C23H20Br2N2O3/c1-2-30-21-19(24)13-16(14-20(21)25)15-26-27-22(28)23(29,17-9-5-3-6-10-17)18-11-7-4-8-12-18/h3-15,29H,2H2,1H3,(H,27,28)/b26-15+. The molecule has 0 bridgehead atoms. The lowest BCUT2D eigenvalue weighted by molar-refractivity contribution is -0.136. The molecule has 7 heteroatoms. The normalized spacial score (nSPS) is 11.5. The highest BCUT2D eigenvalue weighted by atomic mass is 79.9. The van der Waals surface area contributed by atoms with Crippen LogP contribution < -0.4 is 10.2 Å². The van der Waals surface area contributed by atoms with Crippen molar-refractivity contribution >= 4 is 44.0 Å². The zero-order valence-electron chi connectivity index (χ0n) is 16.2. The highest BCUT2D eigenvalue weighted by molar-refractivity contribution is 9.11. The molecule has 0 saturated carbocycles. The number of ether oxygens (including phenoxy) is 1. The van der Waals surface area contributed by atoms with E-state index in [1.54, 1.807) is 48.5 Å². The van der Waals surface area contributed by atoms with Crippen LogP contribution in [0.3, 0.4) is 0 Å². The summed E-state index contributed by atoms with van der Waals surface area (Å²) in [6.45, 7) is 2.45. The van der Waals surface area contributed by atoms with Crippen LogP contribution in [0.5, 0.6) is 5.75 Å². The fourth-order valence-corrected chi connectivity index (χ4v) is 4.42. The van der Waals surface area contributed by atoms with Gasteiger partial charge in [-0.05, 0) is 67.6 Å². The van der Waals surface area contributed by atoms with E-state index < -0.39 is 11.5 Å². The predicted octanol–water partition coefficient (Wildman–Crippen LogP) is 5.00. The molecule has 3 aromatic rings. The maximum absolute atomic E-state index is 13.0. The molecule has 30 heavy (non-hydrogen) atoms. The zero-order valence-corrected chi connectivity index (χ0v) is 19.4. The minimum absolute atomic E-state index is 0.454. The molecule has 0 atom stereocenters. The smallest absolute Gasteiger partial charge is 0.281 e. The molecule has 0 aliphatic heterocycles. The topological polar surface area (TPSA) is 70.9 Å². The number of hydrazone groups is 1. The maximum atomic E-state index is 13.0. The van der Waals surface area contributed by atoms with E-state index in [4.69, 9.17) is 4.74 Å². The molecule has 5 nitrogen and oxygen atoms in total. The number of halogens is 2. The van der Waals surface area contributed by atoms with E-state index in [0.717, 1.165) is 14.5 Å². The Balaban J connectivity index is 1.86. The molecule has 0 saturated heterocycles. The van der Waals surface area contributed by atoms with Crippen LogP contribution in [0.1, 0.15) is 23.6 Å². The van der Waals surface area contributed by atoms with Crippen LogP contribution in [0.15, 0.2) is 86.8 Å². The lowest BCUT2D eigenvalue weighted by Crippen LogP contribution is -2.43. The van der Waals surface area contributed by atoms with Crippen LogP contribution >= 0.6 is 31.9 Å². The van der Waals surface area contributed by atoms with Crippen molar-refractivity contribution in [1.29, 1.82) is 0 Å². The van der Waals surface area contributed by atoms with Gasteiger partial charge in [-0.1, -0.05) is 60.7 Å². The predicted molar refractivity (Wildman–Crippen MR) is 125 cm³/mol. The van der Waals surface area contributed by atoms with Crippen LogP contribution in [0.4, 0.5) is 0 Å². The van der Waals surface area contributed by atoms with Crippen molar-refractivity contribution in [2.24, 2.45) is 5.10 Å². The van der Waals surface area contributed by atoms with Gasteiger partial charge >= 0.3 is 0 Å². The van der Waals surface area contributed by atoms with Gasteiger partial charge in [-0.3, -0.25) is 4.79 Å². The van der Waals surface area contributed by atoms with Gasteiger partial charge in [0, 0.05) is 0 Å². The average Bonchev–Trinajstić information content (AvgIpc) is 2.77. The molecule has 0 unspecified atom stereocenters. The molecule has 3 rings (SSSR count). The van der Waals surface area contributed by atoms with Gasteiger partial charge in [-0.2, -0.15) is 5.10 Å². The summed E-state index contributed by atoms with van der Waals surface area (Å²) >= 11 is 6.94. The van der Waals surface area contributed by atoms with E-state index in [1.807, 2.05) is 31.2 Å². The number of aliphatic hydroxyl groups is 1. The Hall–Kier alpha value is -2.48. The van der Waals surface area contributed by atoms with Crippen LogP contribution in [0.25, 0.3) is 0 Å². The summed E-state index contributed by atoms with van der Waals surface area (Å²) in [6, 6.07) is 21.2. The van der Waals surface area contributed by atoms with Gasteiger partial charge in [-0.25, -0.2) is 5.43 Å². The second-order valence-corrected chi connectivity index (χ2v) is 8.10. The third-order valence-electron chi connectivity index (χ3n) is 4.40. The molecule has 0 aromatic heterocycles. The van der Waals surface area contributed by atoms with Crippen molar-refractivity contribution < 1.29 is 14.6 Å². The van der Waals surface area contributed by atoms with Crippen molar-refractivity contribution in [2.45, 2.75) is 12.5 Å². The Morgan fingerprint density at radius 3 is 2.00 bits per heavy atom. The van der Waals surface area contributed by atoms with E-state index in [2.05, 4.69) is 42.4 Å². The summed E-state index contributed by atoms with van der Waals surface area (Å²) in [7, 11) is 0. The average molecular weight is 532 g/mol. The number of rotatable bonds is 7. The number of carbonyl (C=O) groups excluding carboxylic acids is 1. The van der Waals surface area contributed by atoms with Gasteiger partial charge < -0.3 is 9.84 Å². The SMILES string of the molecule is CCOc1c(Br)cc(/C=N/NC(=O)C(O)(c2ccccc2)c2ccccc2)cc1Br. The molecular weight excluding hydrogens is 512 g/mol. The largest absolute Gasteiger partial charge is 0.492 e. The quantitative estimate of drug-likeness (QED) is 0.333. The summed E-state index contributed by atoms with van der Waals surface area (Å²) in [5.41, 5.74) is 2.24. The first-order chi connectivity index (χ1) is 14.5. The molecule has 0 spiro atoms. The van der Waals surface area contributed by atoms with Crippen LogP contribution in [-0.2, 0) is 10.4 Å². The Bertz CT molecular complexity index is 978. The molecule has 1 amide bonds. The molecule has 0 fully saturated rings. The van der Waals surface area contributed by atoms with Gasteiger partial charge in [0.25, 0.3) is 5.91 Å². The Morgan fingerprint density at radius 2 is 1.53 bits per heavy atom. The fraction of sp³-hybridized carbons (Fsp3) is 0.130. The third kappa shape index (κ3) is 4.80. The summed E-state index contributed by atoms with van der Waals surface area (Å²) in [6.07, 6.45) is 1.50. The summed E-state index contributed by atoms with van der Waals surface area (Å²) in [4.78, 5) is 13.0. The minimum Gasteiger partial charge on any atom is -0.492 e. The first kappa shape index (κ1) is 22.2. The van der Waals surface area contributed by atoms with E-state index >= 15 is 0 Å². The van der Waals surface area contributed by atoms with Gasteiger partial charge in [-0.15, -0.1) is 0 Å². The monoisotopic (exact) mass is 530 g/mol. The summed E-state index contributed by atoms with van der Waals surface area (Å²) < 4.78 is 7.09. The number of nitrogens with one attached hydrogen (secondary N) is 1. The fourth-order valence-electron chi connectivity index (χ4n) is 2.97. The first-order valence-corrected chi connectivity index (χ1v) is 10.8. The van der Waals surface area contributed by atoms with Gasteiger partial charge in [0.1, 0.15) is 5.75 Å². The number of hydrogen-bond acceptors (Lipinski definition) is 4. The molecule has 0 aliphatic rings. The van der Waals surface area contributed by atoms with E-state index in [0.29, 0.717) is 23.5 Å². The van der Waals surface area contributed by atoms with Crippen LogP contribution in [0.2, 0.25) is 0 Å². The Morgan fingerprint density at radius 1 is 1.03 bits per heavy atom. The maximum Gasteiger partial charge on any atom is 0.281 e. The van der Waals surface area contributed by atoms with Crippen molar-refractivity contribution in [3.8, 4) is 5.75 Å². The summed E-state index contributed by atoms with van der Waals surface area (Å²) in [5.74, 6) is 0.0430. The number of amides is 1. The molecule has 0 radical (unpaired) electrons. The number of benzene rings is 3. The highest BCUT2D eigenvalue weighted by Crippen LogP contribution is 2.34. The second kappa shape index (κ2) is 10.0. The van der Waals surface area contributed by atoms with Crippen molar-refractivity contribution in [3.05, 3.63) is 98.4 Å². The highest BCUT2D eigenvalue weighted by Gasteiger charge is 2.39. The lowest BCUT2D eigenvalue weighted by Gasteiger charge is -2.27. The molecule has 2 N–H and O–H groups in total. The number of hydrogen-bond donors (Lipinski definition) is 2. The van der Waals surface area contributed by atoms with E-state index in [9.17, 15) is 9.90 Å². The Kier molecular flexibility index (Phi) is 7.42. The Labute approximate surface area is 192 Å². The molecule has 3 aromatic carbocycles. The van der Waals surface area contributed by atoms with Crippen molar-refractivity contribution in [3.63, 3.8) is 0 Å². The van der Waals surface area contributed by atoms with Crippen molar-refractivity contribution in [1.82, 2.24) is 5.43 Å². The minimum atomic E-state index is -1.88. The number of nitrogens with zero attached hydrogens (tertiary/aromatic N) is 1. The third-order valence-corrected chi connectivity index (χ3v) is 5.58. The van der Waals surface area contributed by atoms with Gasteiger partial charge in [0.05, 0.1) is 21.8 Å². The molecule has 0 heterocycles. The van der Waals surface area contributed by atoms with E-state index in [-0.39, 0.29) is 0 Å². The second-order valence-electron chi connectivity index (χ2n) is 6.39. The first-order valence-electron chi connectivity index (χ1n) is 9.25. The van der Waals surface area contributed by atoms with Crippen LogP contribution in [0, 0.1) is 0 Å². The van der Waals surface area contributed by atoms with Crippen LogP contribution in [-0.4, -0.2) is 23.8 Å². The molecule has 0 aliphatic carbocycles. The summed E-state index contributed by atoms with van der Waals surface area (Å²) in [5, 5.41) is 15.4. The number of carbonyl (C=O) groups is 1. The van der Waals surface area contributed by atoms with Crippen molar-refractivity contribution in [2.75, 3.05) is 6.61 Å². The molecule has 154 valence electrons. The lowest BCUT2D eigenvalue weighted by atomic mass is 9.85. The van der Waals surface area contributed by atoms with E-state index in [1.165, 1.54) is 6.21 Å². The zero-order chi connectivity index (χ0) is 21.6.